The number of Topliss-reactive ketones (excluding diaryl/α,β-unsaturated/α-hetero) is 1. The number of halogens is 2. The van der Waals surface area contributed by atoms with Crippen LogP contribution in [0.15, 0.2) is 90.3 Å². The molecule has 3 N–H and O–H groups in total. The minimum absolute atomic E-state index is 0.231. The van der Waals surface area contributed by atoms with Crippen LogP contribution in [0.25, 0.3) is 0 Å². The number of nitrogens with zero attached hydrogens (tertiary/aromatic N) is 2. The summed E-state index contributed by atoms with van der Waals surface area (Å²) in [5, 5.41) is 16.4. The molecule has 0 aliphatic carbocycles. The predicted octanol–water partition coefficient (Wildman–Crippen LogP) is 6.17. The Kier molecular flexibility index (Phi) is 7.82. The van der Waals surface area contributed by atoms with E-state index in [9.17, 15) is 28.9 Å². The van der Waals surface area contributed by atoms with Gasteiger partial charge in [-0.05, 0) is 53.4 Å². The van der Waals surface area contributed by atoms with E-state index in [0.29, 0.717) is 9.90 Å². The van der Waals surface area contributed by atoms with Gasteiger partial charge in [0.15, 0.2) is 5.78 Å². The van der Waals surface area contributed by atoms with E-state index in [1.165, 1.54) is 52.6 Å². The first-order chi connectivity index (χ1) is 19.7. The second kappa shape index (κ2) is 11.5. The number of nitro groups is 1. The lowest BCUT2D eigenvalue weighted by Gasteiger charge is -2.30. The third-order valence-corrected chi connectivity index (χ3v) is 8.20. The fraction of sp³-hybridized carbons (Fsp3) is 0.138. The Bertz CT molecular complexity index is 1630. The summed E-state index contributed by atoms with van der Waals surface area (Å²) in [4.78, 5) is 54.3. The van der Waals surface area contributed by atoms with Gasteiger partial charge in [0.25, 0.3) is 5.69 Å². The Morgan fingerprint density at radius 3 is 2.37 bits per heavy atom. The van der Waals surface area contributed by atoms with Crippen molar-refractivity contribution in [3.8, 4) is 0 Å². The summed E-state index contributed by atoms with van der Waals surface area (Å²) < 4.78 is 13.5. The SMILES string of the molecule is NC(=O)C1C(c2cccs2)C(C(=O)c2cccc(Cl)c2)C(c2cccc([N+](=O)[O-])c2)N1C(=O)Nc1ccc(F)cc1. The molecule has 5 rings (SSSR count). The highest BCUT2D eigenvalue weighted by molar-refractivity contribution is 7.10. The summed E-state index contributed by atoms with van der Waals surface area (Å²) in [6.07, 6.45) is 0. The number of amides is 3. The number of nitro benzene ring substituents is 1. The number of nitrogens with two attached hydrogens (primary N) is 1. The summed E-state index contributed by atoms with van der Waals surface area (Å²) in [5.41, 5.74) is 6.41. The molecule has 1 saturated heterocycles. The molecule has 12 heteroatoms. The van der Waals surface area contributed by atoms with Gasteiger partial charge in [-0.2, -0.15) is 0 Å². The fourth-order valence-corrected chi connectivity index (χ4v) is 6.44. The van der Waals surface area contributed by atoms with Crippen molar-refractivity contribution in [1.29, 1.82) is 0 Å². The molecule has 0 radical (unpaired) electrons. The predicted molar refractivity (Wildman–Crippen MR) is 152 cm³/mol. The van der Waals surface area contributed by atoms with Crippen LogP contribution in [0.3, 0.4) is 0 Å². The third-order valence-electron chi connectivity index (χ3n) is 6.99. The highest BCUT2D eigenvalue weighted by atomic mass is 35.5. The maximum atomic E-state index is 14.3. The Balaban J connectivity index is 1.73. The van der Waals surface area contributed by atoms with Crippen LogP contribution < -0.4 is 11.1 Å². The summed E-state index contributed by atoms with van der Waals surface area (Å²) in [6.45, 7) is 0. The molecule has 4 aromatic rings. The van der Waals surface area contributed by atoms with E-state index in [0.717, 1.165) is 12.1 Å². The number of benzene rings is 3. The monoisotopic (exact) mass is 592 g/mol. The number of carbonyl (C=O) groups excluding carboxylic acids is 3. The van der Waals surface area contributed by atoms with Crippen molar-refractivity contribution in [2.24, 2.45) is 11.7 Å². The molecule has 208 valence electrons. The van der Waals surface area contributed by atoms with Crippen LogP contribution in [-0.2, 0) is 4.79 Å². The topological polar surface area (TPSA) is 136 Å². The van der Waals surface area contributed by atoms with Crippen molar-refractivity contribution < 1.29 is 23.7 Å². The van der Waals surface area contributed by atoms with Gasteiger partial charge >= 0.3 is 6.03 Å². The zero-order valence-electron chi connectivity index (χ0n) is 21.1. The van der Waals surface area contributed by atoms with Gasteiger partial charge in [0, 0.05) is 39.2 Å². The molecule has 0 spiro atoms. The standard InChI is InChI=1S/C29H22ClFN4O5S/c30-18-6-1-5-17(14-18)27(36)24-23(22-8-3-13-41-22)26(28(32)37)34(29(38)33-20-11-9-19(31)10-12-20)25(24)16-4-2-7-21(15-16)35(39)40/h1-15,23-26H,(H2,32,37)(H,33,38). The highest BCUT2D eigenvalue weighted by Gasteiger charge is 2.57. The van der Waals surface area contributed by atoms with Gasteiger partial charge in [0.1, 0.15) is 11.9 Å². The zero-order valence-corrected chi connectivity index (χ0v) is 22.7. The van der Waals surface area contributed by atoms with Crippen LogP contribution in [0.5, 0.6) is 0 Å². The normalized spacial score (nSPS) is 20.0. The molecule has 3 aromatic carbocycles. The van der Waals surface area contributed by atoms with Gasteiger partial charge in [0.2, 0.25) is 5.91 Å². The molecule has 1 fully saturated rings. The maximum Gasteiger partial charge on any atom is 0.323 e. The molecule has 2 heterocycles. The first-order valence-electron chi connectivity index (χ1n) is 12.4. The Morgan fingerprint density at radius 1 is 1.00 bits per heavy atom. The Labute approximate surface area is 242 Å². The van der Waals surface area contributed by atoms with E-state index >= 15 is 0 Å². The first-order valence-corrected chi connectivity index (χ1v) is 13.6. The van der Waals surface area contributed by atoms with Gasteiger partial charge < -0.3 is 16.0 Å². The quantitative estimate of drug-likeness (QED) is 0.150. The minimum Gasteiger partial charge on any atom is -0.368 e. The Morgan fingerprint density at radius 2 is 1.73 bits per heavy atom. The third kappa shape index (κ3) is 5.54. The molecule has 1 aliphatic heterocycles. The largest absolute Gasteiger partial charge is 0.368 e. The van der Waals surface area contributed by atoms with Crippen molar-refractivity contribution in [3.63, 3.8) is 0 Å². The van der Waals surface area contributed by atoms with Crippen molar-refractivity contribution in [3.05, 3.63) is 127 Å². The number of likely N-dealkylation sites (tertiary alicyclic amines) is 1. The van der Waals surface area contributed by atoms with Crippen LogP contribution in [0.1, 0.15) is 32.8 Å². The van der Waals surface area contributed by atoms with Gasteiger partial charge in [-0.1, -0.05) is 41.9 Å². The number of carbonyl (C=O) groups is 3. The summed E-state index contributed by atoms with van der Waals surface area (Å²) >= 11 is 7.49. The van der Waals surface area contributed by atoms with E-state index in [1.54, 1.807) is 41.8 Å². The molecule has 4 atom stereocenters. The lowest BCUT2D eigenvalue weighted by Crippen LogP contribution is -2.48. The van der Waals surface area contributed by atoms with Crippen molar-refractivity contribution in [1.82, 2.24) is 4.90 Å². The molecule has 4 unspecified atom stereocenters. The number of hydrogen-bond donors (Lipinski definition) is 2. The van der Waals surface area contributed by atoms with E-state index in [2.05, 4.69) is 5.32 Å². The summed E-state index contributed by atoms with van der Waals surface area (Å²) in [6, 6.07) is 17.1. The molecule has 9 nitrogen and oxygen atoms in total. The van der Waals surface area contributed by atoms with Gasteiger partial charge in [-0.3, -0.25) is 19.7 Å². The molecular formula is C29H22ClFN4O5S. The van der Waals surface area contributed by atoms with Crippen LogP contribution in [0.4, 0.5) is 20.6 Å². The van der Waals surface area contributed by atoms with Crippen molar-refractivity contribution in [2.45, 2.75) is 18.0 Å². The van der Waals surface area contributed by atoms with Crippen LogP contribution in [0, 0.1) is 21.8 Å². The number of thiophene rings is 1. The molecule has 3 amide bonds. The van der Waals surface area contributed by atoms with E-state index in [-0.39, 0.29) is 22.5 Å². The fourth-order valence-electron chi connectivity index (χ4n) is 5.34. The lowest BCUT2D eigenvalue weighted by molar-refractivity contribution is -0.385. The number of urea groups is 1. The summed E-state index contributed by atoms with van der Waals surface area (Å²) in [5.74, 6) is -3.77. The van der Waals surface area contributed by atoms with E-state index < -0.39 is 52.4 Å². The van der Waals surface area contributed by atoms with Crippen LogP contribution >= 0.6 is 22.9 Å². The Hall–Kier alpha value is -4.61. The van der Waals surface area contributed by atoms with E-state index in [4.69, 9.17) is 17.3 Å². The minimum atomic E-state index is -1.31. The summed E-state index contributed by atoms with van der Waals surface area (Å²) in [7, 11) is 0. The maximum absolute atomic E-state index is 14.3. The smallest absolute Gasteiger partial charge is 0.323 e. The van der Waals surface area contributed by atoms with Gasteiger partial charge in [-0.25, -0.2) is 9.18 Å². The molecule has 1 aliphatic rings. The number of hydrogen-bond acceptors (Lipinski definition) is 6. The zero-order chi connectivity index (χ0) is 29.3. The number of ketones is 1. The van der Waals surface area contributed by atoms with Gasteiger partial charge in [-0.15, -0.1) is 11.3 Å². The van der Waals surface area contributed by atoms with Crippen LogP contribution in [0.2, 0.25) is 5.02 Å². The average Bonchev–Trinajstić information content (AvgIpc) is 3.60. The number of rotatable bonds is 7. The molecule has 1 aromatic heterocycles. The molecule has 0 bridgehead atoms. The molecule has 0 saturated carbocycles. The second-order valence-electron chi connectivity index (χ2n) is 9.43. The van der Waals surface area contributed by atoms with Crippen molar-refractivity contribution in [2.75, 3.05) is 5.32 Å². The number of nitrogens with one attached hydrogen (secondary N) is 1. The number of non-ortho nitro benzene ring substituents is 1. The first kappa shape index (κ1) is 27.9. The van der Waals surface area contributed by atoms with Gasteiger partial charge in [0.05, 0.1) is 16.9 Å². The average molecular weight is 593 g/mol. The number of anilines is 1. The molecular weight excluding hydrogens is 571 g/mol. The van der Waals surface area contributed by atoms with Crippen LogP contribution in [-0.4, -0.2) is 33.6 Å². The lowest BCUT2D eigenvalue weighted by atomic mass is 9.78. The highest BCUT2D eigenvalue weighted by Crippen LogP contribution is 2.52. The number of primary amides is 1. The van der Waals surface area contributed by atoms with Crippen molar-refractivity contribution >= 4 is 52.0 Å². The van der Waals surface area contributed by atoms with E-state index in [1.807, 2.05) is 0 Å². The second-order valence-corrected chi connectivity index (χ2v) is 10.8. The molecule has 41 heavy (non-hydrogen) atoms.